The number of anilines is 1. The van der Waals surface area contributed by atoms with Gasteiger partial charge >= 0.3 is 0 Å². The maximum absolute atomic E-state index is 13.1. The molecule has 3 N–H and O–H groups in total. The van der Waals surface area contributed by atoms with Gasteiger partial charge in [0.1, 0.15) is 0 Å². The van der Waals surface area contributed by atoms with Gasteiger partial charge in [-0.25, -0.2) is 8.42 Å². The minimum Gasteiger partial charge on any atom is -0.330 e. The molecule has 28 heavy (non-hydrogen) atoms. The second-order valence-corrected chi connectivity index (χ2v) is 8.70. The summed E-state index contributed by atoms with van der Waals surface area (Å²) in [7, 11) is -3.61. The highest BCUT2D eigenvalue weighted by molar-refractivity contribution is 7.89. The number of benzene rings is 2. The van der Waals surface area contributed by atoms with Gasteiger partial charge in [0.05, 0.1) is 4.90 Å². The number of rotatable bonds is 6. The highest BCUT2D eigenvalue weighted by Gasteiger charge is 2.39. The Bertz CT molecular complexity index is 889. The van der Waals surface area contributed by atoms with Gasteiger partial charge in [0.2, 0.25) is 15.9 Å². The first kappa shape index (κ1) is 22.4. The Balaban J connectivity index is 0.00000280. The Hall–Kier alpha value is -1.93. The van der Waals surface area contributed by atoms with Crippen LogP contribution in [0.5, 0.6) is 0 Å². The van der Waals surface area contributed by atoms with E-state index < -0.39 is 10.0 Å². The molecule has 0 aliphatic carbocycles. The van der Waals surface area contributed by atoms with Crippen molar-refractivity contribution in [2.45, 2.75) is 24.2 Å². The summed E-state index contributed by atoms with van der Waals surface area (Å²) in [5.41, 5.74) is 7.62. The van der Waals surface area contributed by atoms with Crippen LogP contribution in [-0.4, -0.2) is 38.3 Å². The highest BCUT2D eigenvalue weighted by Crippen LogP contribution is 2.35. The lowest BCUT2D eigenvalue weighted by Gasteiger charge is -2.17. The zero-order chi connectivity index (χ0) is 19.4. The summed E-state index contributed by atoms with van der Waals surface area (Å²) in [6.07, 6.45) is 0.370. The molecule has 2 aromatic carbocycles. The summed E-state index contributed by atoms with van der Waals surface area (Å²) in [6, 6.07) is 16.2. The molecule has 1 aliphatic rings. The molecule has 6 nitrogen and oxygen atoms in total. The minimum atomic E-state index is -3.61. The molecule has 1 heterocycles. The van der Waals surface area contributed by atoms with Gasteiger partial charge in [-0.05, 0) is 42.3 Å². The average molecular weight is 424 g/mol. The monoisotopic (exact) mass is 423 g/mol. The second-order valence-electron chi connectivity index (χ2n) is 6.76. The van der Waals surface area contributed by atoms with Gasteiger partial charge in [-0.2, -0.15) is 4.31 Å². The first-order valence-electron chi connectivity index (χ1n) is 9.10. The molecule has 0 aromatic heterocycles. The van der Waals surface area contributed by atoms with E-state index in [1.54, 1.807) is 19.1 Å². The number of nitrogens with zero attached hydrogens (tertiary/aromatic N) is 1. The maximum Gasteiger partial charge on any atom is 0.243 e. The molecule has 8 heteroatoms. The van der Waals surface area contributed by atoms with Gasteiger partial charge in [0, 0.05) is 31.1 Å². The number of nitrogens with two attached hydrogens (primary N) is 1. The normalized spacial score (nSPS) is 19.8. The molecule has 0 bridgehead atoms. The van der Waals surface area contributed by atoms with Crippen molar-refractivity contribution in [1.82, 2.24) is 4.31 Å². The summed E-state index contributed by atoms with van der Waals surface area (Å²) in [4.78, 5) is 11.7. The predicted molar refractivity (Wildman–Crippen MR) is 113 cm³/mol. The summed E-state index contributed by atoms with van der Waals surface area (Å²) in [5, 5.41) is 2.72. The minimum absolute atomic E-state index is 0. The fourth-order valence-electron chi connectivity index (χ4n) is 3.45. The zero-order valence-electron chi connectivity index (χ0n) is 15.7. The largest absolute Gasteiger partial charge is 0.330 e. The van der Waals surface area contributed by atoms with Crippen LogP contribution in [0.3, 0.4) is 0 Å². The molecule has 0 saturated carbocycles. The van der Waals surface area contributed by atoms with Crippen LogP contribution in [0.1, 0.15) is 24.8 Å². The molecular formula is C20H26ClN3O3S. The van der Waals surface area contributed by atoms with Crippen LogP contribution in [0, 0.1) is 5.92 Å². The van der Waals surface area contributed by atoms with Gasteiger partial charge in [-0.1, -0.05) is 37.3 Å². The number of amides is 1. The van der Waals surface area contributed by atoms with Crippen LogP contribution in [0.15, 0.2) is 59.5 Å². The SMILES string of the molecule is CCC(=O)Nc1ccc(S(=O)(=O)N2C[C@@H](CN)[C@H](c3ccccc3)C2)cc1.Cl. The molecule has 3 rings (SSSR count). The van der Waals surface area contributed by atoms with Gasteiger partial charge < -0.3 is 11.1 Å². The van der Waals surface area contributed by atoms with Crippen molar-refractivity contribution >= 4 is 34.0 Å². The van der Waals surface area contributed by atoms with Crippen molar-refractivity contribution in [3.05, 3.63) is 60.2 Å². The first-order chi connectivity index (χ1) is 13.0. The molecule has 152 valence electrons. The molecule has 2 atom stereocenters. The Morgan fingerprint density at radius 3 is 2.32 bits per heavy atom. The van der Waals surface area contributed by atoms with Crippen molar-refractivity contribution in [3.8, 4) is 0 Å². The third-order valence-corrected chi connectivity index (χ3v) is 6.88. The lowest BCUT2D eigenvalue weighted by molar-refractivity contribution is -0.115. The number of hydrogen-bond acceptors (Lipinski definition) is 4. The van der Waals surface area contributed by atoms with Gasteiger partial charge in [0.25, 0.3) is 0 Å². The molecule has 1 saturated heterocycles. The molecule has 1 amide bonds. The van der Waals surface area contributed by atoms with E-state index in [2.05, 4.69) is 5.32 Å². The maximum atomic E-state index is 13.1. The number of nitrogens with one attached hydrogen (secondary N) is 1. The van der Waals surface area contributed by atoms with Crippen molar-refractivity contribution in [2.75, 3.05) is 25.0 Å². The number of carbonyl (C=O) groups excluding carboxylic acids is 1. The molecular weight excluding hydrogens is 398 g/mol. The third kappa shape index (κ3) is 4.72. The number of hydrogen-bond donors (Lipinski definition) is 2. The van der Waals surface area contributed by atoms with E-state index in [9.17, 15) is 13.2 Å². The van der Waals surface area contributed by atoms with Crippen LogP contribution < -0.4 is 11.1 Å². The van der Waals surface area contributed by atoms with Gasteiger partial charge in [-0.3, -0.25) is 4.79 Å². The average Bonchev–Trinajstić information content (AvgIpc) is 3.14. The summed E-state index contributed by atoms with van der Waals surface area (Å²) in [5.74, 6) is 0.0704. The summed E-state index contributed by atoms with van der Waals surface area (Å²) < 4.78 is 27.6. The lowest BCUT2D eigenvalue weighted by atomic mass is 9.89. The molecule has 0 radical (unpaired) electrons. The van der Waals surface area contributed by atoms with E-state index in [1.165, 1.54) is 16.4 Å². The van der Waals surface area contributed by atoms with E-state index in [1.807, 2.05) is 30.3 Å². The fraction of sp³-hybridized carbons (Fsp3) is 0.350. The van der Waals surface area contributed by atoms with E-state index >= 15 is 0 Å². The molecule has 0 spiro atoms. The van der Waals surface area contributed by atoms with Crippen LogP contribution >= 0.6 is 12.4 Å². The quantitative estimate of drug-likeness (QED) is 0.747. The van der Waals surface area contributed by atoms with E-state index in [0.717, 1.165) is 5.56 Å². The van der Waals surface area contributed by atoms with E-state index in [-0.39, 0.29) is 35.0 Å². The third-order valence-electron chi connectivity index (χ3n) is 5.03. The Kier molecular flexibility index (Phi) is 7.60. The van der Waals surface area contributed by atoms with Crippen LogP contribution in [0.2, 0.25) is 0 Å². The van der Waals surface area contributed by atoms with E-state index in [4.69, 9.17) is 5.73 Å². The zero-order valence-corrected chi connectivity index (χ0v) is 17.4. The molecule has 2 aromatic rings. The van der Waals surface area contributed by atoms with Crippen molar-refractivity contribution in [3.63, 3.8) is 0 Å². The van der Waals surface area contributed by atoms with Crippen LogP contribution in [0.4, 0.5) is 5.69 Å². The standard InChI is InChI=1S/C20H25N3O3S.ClH/c1-2-20(24)22-17-8-10-18(11-9-17)27(25,26)23-13-16(12-21)19(14-23)15-6-4-3-5-7-15;/h3-11,16,19H,2,12-14,21H2,1H3,(H,22,24);1H/t16-,19+;/m1./s1. The Morgan fingerprint density at radius 2 is 1.75 bits per heavy atom. The van der Waals surface area contributed by atoms with Crippen LogP contribution in [0.25, 0.3) is 0 Å². The number of carbonyl (C=O) groups is 1. The van der Waals surface area contributed by atoms with Crippen LogP contribution in [-0.2, 0) is 14.8 Å². The smallest absolute Gasteiger partial charge is 0.243 e. The van der Waals surface area contributed by atoms with Crippen molar-refractivity contribution in [2.24, 2.45) is 11.7 Å². The highest BCUT2D eigenvalue weighted by atomic mass is 35.5. The topological polar surface area (TPSA) is 92.5 Å². The second kappa shape index (κ2) is 9.52. The predicted octanol–water partition coefficient (Wildman–Crippen LogP) is 2.82. The summed E-state index contributed by atoms with van der Waals surface area (Å²) in [6.45, 7) is 3.03. The van der Waals surface area contributed by atoms with Crippen molar-refractivity contribution < 1.29 is 13.2 Å². The Morgan fingerprint density at radius 1 is 1.11 bits per heavy atom. The first-order valence-corrected chi connectivity index (χ1v) is 10.5. The number of halogens is 1. The molecule has 0 unspecified atom stereocenters. The molecule has 1 fully saturated rings. The fourth-order valence-corrected chi connectivity index (χ4v) is 4.98. The summed E-state index contributed by atoms with van der Waals surface area (Å²) >= 11 is 0. The Labute approximate surface area is 172 Å². The van der Waals surface area contributed by atoms with Gasteiger partial charge in [-0.15, -0.1) is 12.4 Å². The lowest BCUT2D eigenvalue weighted by Crippen LogP contribution is -2.30. The van der Waals surface area contributed by atoms with Crippen molar-refractivity contribution in [1.29, 1.82) is 0 Å². The molecule has 1 aliphatic heterocycles. The van der Waals surface area contributed by atoms with E-state index in [0.29, 0.717) is 31.7 Å². The number of sulfonamides is 1. The van der Waals surface area contributed by atoms with Gasteiger partial charge in [0.15, 0.2) is 0 Å².